The molecule has 0 aliphatic carbocycles. The molecule has 0 amide bonds. The zero-order valence-corrected chi connectivity index (χ0v) is 28.4. The summed E-state index contributed by atoms with van der Waals surface area (Å²) < 4.78 is 5.11. The van der Waals surface area contributed by atoms with E-state index in [1.165, 1.54) is 51.5 Å². The summed E-state index contributed by atoms with van der Waals surface area (Å²) in [5.41, 5.74) is 7.47. The summed E-state index contributed by atoms with van der Waals surface area (Å²) in [5.74, 6) is 1.95. The molecule has 50 heavy (non-hydrogen) atoms. The van der Waals surface area contributed by atoms with Crippen LogP contribution in [0, 0.1) is 0 Å². The summed E-state index contributed by atoms with van der Waals surface area (Å²) in [7, 11) is 0. The molecule has 0 fully saturated rings. The molecule has 0 radical (unpaired) electrons. The van der Waals surface area contributed by atoms with Crippen LogP contribution in [-0.4, -0.2) is 15.0 Å². The summed E-state index contributed by atoms with van der Waals surface area (Å²) in [5, 5.41) is 5.10. The monoisotopic (exact) mass is 673 g/mol. The number of benzene rings is 7. The Hall–Kier alpha value is -6.01. The number of fused-ring (bicyclic) bond motifs is 6. The van der Waals surface area contributed by atoms with Gasteiger partial charge in [-0.2, -0.15) is 0 Å². The Morgan fingerprint density at radius 2 is 0.880 bits per heavy atom. The van der Waals surface area contributed by atoms with Crippen LogP contribution in [0.1, 0.15) is 0 Å². The average Bonchev–Trinajstić information content (AvgIpc) is 3.77. The second-order valence-corrected chi connectivity index (χ2v) is 14.5. The summed E-state index contributed by atoms with van der Waals surface area (Å²) in [6.45, 7) is 0. The second-order valence-electron chi connectivity index (χ2n) is 12.4. The number of hydrogen-bond donors (Lipinski definition) is 0. The molecule has 3 heterocycles. The fourth-order valence-electron chi connectivity index (χ4n) is 7.04. The molecule has 0 bridgehead atoms. The van der Waals surface area contributed by atoms with Gasteiger partial charge in [-0.3, -0.25) is 0 Å². The van der Waals surface area contributed by atoms with Crippen LogP contribution in [0.3, 0.4) is 0 Å². The van der Waals surface area contributed by atoms with Crippen molar-refractivity contribution >= 4 is 63.0 Å². The highest BCUT2D eigenvalue weighted by molar-refractivity contribution is 7.26. The Bertz CT molecular complexity index is 2810. The van der Waals surface area contributed by atoms with Gasteiger partial charge >= 0.3 is 0 Å². The summed E-state index contributed by atoms with van der Waals surface area (Å²) in [4.78, 5) is 15.5. The molecule has 3 aromatic heterocycles. The maximum absolute atomic E-state index is 5.23. The summed E-state index contributed by atoms with van der Waals surface area (Å²) >= 11 is 3.68. The van der Waals surface area contributed by atoms with Gasteiger partial charge < -0.3 is 0 Å². The van der Waals surface area contributed by atoms with Gasteiger partial charge in [-0.25, -0.2) is 15.0 Å². The quantitative estimate of drug-likeness (QED) is 0.182. The van der Waals surface area contributed by atoms with Crippen molar-refractivity contribution in [2.24, 2.45) is 0 Å². The second kappa shape index (κ2) is 11.8. The zero-order valence-electron chi connectivity index (χ0n) is 26.7. The number of hydrogen-bond acceptors (Lipinski definition) is 5. The van der Waals surface area contributed by atoms with Crippen LogP contribution in [0.5, 0.6) is 0 Å². The van der Waals surface area contributed by atoms with E-state index in [4.69, 9.17) is 15.0 Å². The predicted molar refractivity (Wildman–Crippen MR) is 213 cm³/mol. The molecule has 0 aliphatic heterocycles. The molecule has 3 nitrogen and oxygen atoms in total. The molecule has 0 aliphatic rings. The summed E-state index contributed by atoms with van der Waals surface area (Å²) in [6.07, 6.45) is 0. The fraction of sp³-hybridized carbons (Fsp3) is 0. The SMILES string of the molecule is c1ccc(-c2nc(-c3ccccc3)nc(-c3cc(-c4cccc5sc6ccccc6c45)ccc3-c3cccc4c3sc3ccccc34)n2)cc1. The molecule has 7 aromatic carbocycles. The van der Waals surface area contributed by atoms with Crippen LogP contribution in [0.15, 0.2) is 164 Å². The lowest BCUT2D eigenvalue weighted by Crippen LogP contribution is -2.01. The normalized spacial score (nSPS) is 11.6. The number of thiophene rings is 2. The van der Waals surface area contributed by atoms with Crippen molar-refractivity contribution in [2.45, 2.75) is 0 Å². The Morgan fingerprint density at radius 3 is 1.62 bits per heavy atom. The maximum Gasteiger partial charge on any atom is 0.164 e. The summed E-state index contributed by atoms with van der Waals surface area (Å²) in [6, 6.07) is 57.9. The standard InChI is InChI=1S/C45H27N3S2/c1-3-13-28(14-4-1)43-46-44(29-15-5-2-6-16-29)48-45(47-43)37-27-30(31-19-12-24-40-41(31)36-18-8-10-23-39(36)49-40)25-26-32(37)34-20-11-21-35-33-17-7-9-22-38(33)50-42(34)35/h1-27H. The van der Waals surface area contributed by atoms with Crippen LogP contribution >= 0.6 is 22.7 Å². The van der Waals surface area contributed by atoms with E-state index in [0.29, 0.717) is 17.5 Å². The van der Waals surface area contributed by atoms with Gasteiger partial charge in [-0.05, 0) is 41.0 Å². The van der Waals surface area contributed by atoms with E-state index in [1.54, 1.807) is 0 Å². The van der Waals surface area contributed by atoms with Gasteiger partial charge in [0.2, 0.25) is 0 Å². The van der Waals surface area contributed by atoms with Gasteiger partial charge in [-0.1, -0.05) is 140 Å². The lowest BCUT2D eigenvalue weighted by molar-refractivity contribution is 1.07. The van der Waals surface area contributed by atoms with Crippen LogP contribution in [-0.2, 0) is 0 Å². The maximum atomic E-state index is 5.23. The lowest BCUT2D eigenvalue weighted by Gasteiger charge is -2.15. The topological polar surface area (TPSA) is 38.7 Å². The van der Waals surface area contributed by atoms with Crippen molar-refractivity contribution in [1.29, 1.82) is 0 Å². The molecule has 10 aromatic rings. The highest BCUT2D eigenvalue weighted by Crippen LogP contribution is 2.45. The highest BCUT2D eigenvalue weighted by atomic mass is 32.1. The molecule has 5 heteroatoms. The van der Waals surface area contributed by atoms with Crippen LogP contribution < -0.4 is 0 Å². The molecule has 0 N–H and O–H groups in total. The first-order chi connectivity index (χ1) is 24.8. The first-order valence-corrected chi connectivity index (χ1v) is 18.2. The molecule has 0 saturated carbocycles. The fourth-order valence-corrected chi connectivity index (χ4v) is 9.40. The molecule has 0 spiro atoms. The smallest absolute Gasteiger partial charge is 0.164 e. The molecular formula is C45H27N3S2. The largest absolute Gasteiger partial charge is 0.208 e. The Kier molecular flexibility index (Phi) is 6.86. The molecular weight excluding hydrogens is 647 g/mol. The van der Waals surface area contributed by atoms with Crippen molar-refractivity contribution < 1.29 is 0 Å². The van der Waals surface area contributed by atoms with Gasteiger partial charge in [0, 0.05) is 62.6 Å². The minimum atomic E-state index is 0.648. The number of aromatic nitrogens is 3. The van der Waals surface area contributed by atoms with Gasteiger partial charge in [0.15, 0.2) is 17.5 Å². The van der Waals surface area contributed by atoms with E-state index >= 15 is 0 Å². The Labute approximate surface area is 296 Å². The predicted octanol–water partition coefficient (Wildman–Crippen LogP) is 12.9. The third-order valence-electron chi connectivity index (χ3n) is 9.37. The third-order valence-corrected chi connectivity index (χ3v) is 11.7. The van der Waals surface area contributed by atoms with E-state index in [1.807, 2.05) is 59.1 Å². The van der Waals surface area contributed by atoms with E-state index < -0.39 is 0 Å². The third kappa shape index (κ3) is 4.82. The van der Waals surface area contributed by atoms with Gasteiger partial charge in [-0.15, -0.1) is 22.7 Å². The van der Waals surface area contributed by atoms with Crippen molar-refractivity contribution in [1.82, 2.24) is 15.0 Å². The molecule has 0 unspecified atom stereocenters. The number of rotatable bonds is 5. The highest BCUT2D eigenvalue weighted by Gasteiger charge is 2.20. The van der Waals surface area contributed by atoms with Crippen LogP contribution in [0.25, 0.3) is 96.8 Å². The van der Waals surface area contributed by atoms with Crippen molar-refractivity contribution in [3.63, 3.8) is 0 Å². The van der Waals surface area contributed by atoms with E-state index in [0.717, 1.165) is 27.8 Å². The number of nitrogens with zero attached hydrogens (tertiary/aromatic N) is 3. The Balaban J connectivity index is 1.28. The van der Waals surface area contributed by atoms with Crippen molar-refractivity contribution in [3.05, 3.63) is 164 Å². The van der Waals surface area contributed by atoms with Gasteiger partial charge in [0.25, 0.3) is 0 Å². The molecule has 0 saturated heterocycles. The molecule has 234 valence electrons. The van der Waals surface area contributed by atoms with E-state index in [2.05, 4.69) is 127 Å². The molecule has 0 atom stereocenters. The molecule has 10 rings (SSSR count). The minimum absolute atomic E-state index is 0.648. The first-order valence-electron chi connectivity index (χ1n) is 16.6. The van der Waals surface area contributed by atoms with Crippen molar-refractivity contribution in [3.8, 4) is 56.4 Å². The van der Waals surface area contributed by atoms with Crippen LogP contribution in [0.2, 0.25) is 0 Å². The zero-order chi connectivity index (χ0) is 33.0. The lowest BCUT2D eigenvalue weighted by atomic mass is 9.92. The van der Waals surface area contributed by atoms with E-state index in [-0.39, 0.29) is 0 Å². The van der Waals surface area contributed by atoms with Crippen molar-refractivity contribution in [2.75, 3.05) is 0 Å². The average molecular weight is 674 g/mol. The Morgan fingerprint density at radius 1 is 0.320 bits per heavy atom. The van der Waals surface area contributed by atoms with Gasteiger partial charge in [0.1, 0.15) is 0 Å². The first kappa shape index (κ1) is 29.0. The van der Waals surface area contributed by atoms with Gasteiger partial charge in [0.05, 0.1) is 0 Å². The van der Waals surface area contributed by atoms with E-state index in [9.17, 15) is 0 Å². The van der Waals surface area contributed by atoms with Crippen LogP contribution in [0.4, 0.5) is 0 Å². The minimum Gasteiger partial charge on any atom is -0.208 e.